The highest BCUT2D eigenvalue weighted by atomic mass is 32.2. The minimum absolute atomic E-state index is 0.0151. The van der Waals surface area contributed by atoms with Gasteiger partial charge in [0.05, 0.1) is 12.0 Å². The van der Waals surface area contributed by atoms with Crippen LogP contribution in [0.4, 0.5) is 5.69 Å². The van der Waals surface area contributed by atoms with E-state index in [1.165, 1.54) is 6.20 Å². The van der Waals surface area contributed by atoms with E-state index in [-0.39, 0.29) is 11.6 Å². The zero-order valence-electron chi connectivity index (χ0n) is 11.2. The van der Waals surface area contributed by atoms with E-state index in [0.29, 0.717) is 18.7 Å². The van der Waals surface area contributed by atoms with Gasteiger partial charge in [0, 0.05) is 25.7 Å². The summed E-state index contributed by atoms with van der Waals surface area (Å²) in [7, 11) is -3.63. The maximum absolute atomic E-state index is 12.2. The first kappa shape index (κ1) is 14.5. The summed E-state index contributed by atoms with van der Waals surface area (Å²) in [4.78, 5) is 3.95. The van der Waals surface area contributed by atoms with E-state index in [9.17, 15) is 8.42 Å². The number of aromatic nitrogens is 1. The molecule has 0 fully saturated rings. The van der Waals surface area contributed by atoms with Crippen LogP contribution in [0.3, 0.4) is 0 Å². The molecule has 2 aromatic rings. The fraction of sp³-hybridized carbons (Fsp3) is 0.308. The zero-order chi connectivity index (χ0) is 14.4. The molecule has 0 amide bonds. The Kier molecular flexibility index (Phi) is 4.75. The van der Waals surface area contributed by atoms with Gasteiger partial charge in [-0.2, -0.15) is 0 Å². The zero-order valence-corrected chi connectivity index (χ0v) is 12.0. The number of nitrogens with zero attached hydrogens (tertiary/aromatic N) is 1. The number of nitrogens with one attached hydrogen (secondary N) is 2. The Morgan fingerprint density at radius 2 is 2.15 bits per heavy atom. The van der Waals surface area contributed by atoms with Gasteiger partial charge in [0.15, 0.2) is 5.03 Å². The monoisotopic (exact) mass is 295 g/mol. The number of sulfonamides is 1. The number of anilines is 1. The molecule has 0 aliphatic heterocycles. The fourth-order valence-corrected chi connectivity index (χ4v) is 2.90. The maximum Gasteiger partial charge on any atom is 0.260 e. The van der Waals surface area contributed by atoms with Crippen molar-refractivity contribution >= 4 is 15.7 Å². The van der Waals surface area contributed by atoms with Crippen molar-refractivity contribution in [1.82, 2.24) is 9.71 Å². The highest BCUT2D eigenvalue weighted by Crippen LogP contribution is 2.17. The smallest absolute Gasteiger partial charge is 0.260 e. The lowest BCUT2D eigenvalue weighted by atomic mass is 10.3. The first-order valence-electron chi connectivity index (χ1n) is 6.34. The lowest BCUT2D eigenvalue weighted by Crippen LogP contribution is -2.27. The van der Waals surface area contributed by atoms with Crippen LogP contribution in [0, 0.1) is 0 Å². The summed E-state index contributed by atoms with van der Waals surface area (Å²) in [6, 6.07) is 6.96. The highest BCUT2D eigenvalue weighted by molar-refractivity contribution is 7.89. The predicted molar refractivity (Wildman–Crippen MR) is 76.0 cm³/mol. The van der Waals surface area contributed by atoms with E-state index in [2.05, 4.69) is 15.0 Å². The summed E-state index contributed by atoms with van der Waals surface area (Å²) in [6.45, 7) is 2.78. The average Bonchev–Trinajstić information content (AvgIpc) is 2.92. The minimum atomic E-state index is -3.63. The topological polar surface area (TPSA) is 84.2 Å². The molecule has 0 radical (unpaired) electrons. The van der Waals surface area contributed by atoms with Crippen LogP contribution < -0.4 is 10.0 Å². The third-order valence-electron chi connectivity index (χ3n) is 2.64. The molecule has 2 rings (SSSR count). The van der Waals surface area contributed by atoms with Crippen molar-refractivity contribution in [1.29, 1.82) is 0 Å². The van der Waals surface area contributed by atoms with Crippen LogP contribution >= 0.6 is 0 Å². The summed E-state index contributed by atoms with van der Waals surface area (Å²) in [5, 5.41) is 3.00. The molecule has 0 spiro atoms. The molecule has 2 aromatic heterocycles. The van der Waals surface area contributed by atoms with Crippen LogP contribution in [0.25, 0.3) is 0 Å². The molecule has 0 aliphatic carbocycles. The van der Waals surface area contributed by atoms with Crippen molar-refractivity contribution in [3.05, 3.63) is 42.5 Å². The second-order valence-corrected chi connectivity index (χ2v) is 5.80. The van der Waals surface area contributed by atoms with Gasteiger partial charge in [-0.25, -0.2) is 18.1 Å². The molecule has 2 N–H and O–H groups in total. The van der Waals surface area contributed by atoms with Gasteiger partial charge in [-0.15, -0.1) is 0 Å². The molecule has 20 heavy (non-hydrogen) atoms. The van der Waals surface area contributed by atoms with Crippen molar-refractivity contribution in [2.75, 3.05) is 18.4 Å². The molecule has 2 heterocycles. The van der Waals surface area contributed by atoms with Gasteiger partial charge in [-0.05, 0) is 31.2 Å². The Labute approximate surface area is 118 Å². The Morgan fingerprint density at radius 3 is 2.85 bits per heavy atom. The SMILES string of the molecule is CCNc1cccnc1S(=O)(=O)NCCc1ccco1. The molecule has 7 heteroatoms. The standard InChI is InChI=1S/C13H17N3O3S/c1-2-14-12-6-3-8-15-13(12)20(17,18)16-9-7-11-5-4-10-19-11/h3-6,8,10,14,16H,2,7,9H2,1H3. The van der Waals surface area contributed by atoms with Crippen LogP contribution in [-0.4, -0.2) is 26.5 Å². The van der Waals surface area contributed by atoms with E-state index in [4.69, 9.17) is 4.42 Å². The van der Waals surface area contributed by atoms with Crippen molar-refractivity contribution in [3.8, 4) is 0 Å². The molecule has 0 unspecified atom stereocenters. The van der Waals surface area contributed by atoms with E-state index in [0.717, 1.165) is 5.76 Å². The summed E-state index contributed by atoms with van der Waals surface area (Å²) < 4.78 is 32.1. The van der Waals surface area contributed by atoms with Crippen molar-refractivity contribution in [3.63, 3.8) is 0 Å². The molecular weight excluding hydrogens is 278 g/mol. The van der Waals surface area contributed by atoms with Crippen molar-refractivity contribution < 1.29 is 12.8 Å². The van der Waals surface area contributed by atoms with Crippen LogP contribution in [0.1, 0.15) is 12.7 Å². The summed E-state index contributed by atoms with van der Waals surface area (Å²) in [5.41, 5.74) is 0.500. The molecule has 0 saturated heterocycles. The third-order valence-corrected chi connectivity index (χ3v) is 4.06. The molecule has 6 nitrogen and oxygen atoms in total. The minimum Gasteiger partial charge on any atom is -0.469 e. The predicted octanol–water partition coefficient (Wildman–Crippen LogP) is 1.63. The highest BCUT2D eigenvalue weighted by Gasteiger charge is 2.19. The number of hydrogen-bond acceptors (Lipinski definition) is 5. The van der Waals surface area contributed by atoms with Crippen molar-refractivity contribution in [2.24, 2.45) is 0 Å². The van der Waals surface area contributed by atoms with Crippen molar-refractivity contribution in [2.45, 2.75) is 18.4 Å². The molecule has 0 aliphatic rings. The molecule has 0 aromatic carbocycles. The van der Waals surface area contributed by atoms with Crippen LogP contribution in [0.15, 0.2) is 46.2 Å². The molecule has 0 saturated carbocycles. The summed E-state index contributed by atoms with van der Waals surface area (Å²) >= 11 is 0. The summed E-state index contributed by atoms with van der Waals surface area (Å²) in [6.07, 6.45) is 3.52. The fourth-order valence-electron chi connectivity index (χ4n) is 1.76. The van der Waals surface area contributed by atoms with Crippen LogP contribution in [0.2, 0.25) is 0 Å². The van der Waals surface area contributed by atoms with Gasteiger partial charge in [0.1, 0.15) is 5.76 Å². The Balaban J connectivity index is 2.06. The van der Waals surface area contributed by atoms with Gasteiger partial charge < -0.3 is 9.73 Å². The Bertz CT molecular complexity index is 639. The first-order chi connectivity index (χ1) is 9.63. The van der Waals surface area contributed by atoms with E-state index < -0.39 is 10.0 Å². The van der Waals surface area contributed by atoms with Crippen LogP contribution in [0.5, 0.6) is 0 Å². The number of hydrogen-bond donors (Lipinski definition) is 2. The molecule has 0 bridgehead atoms. The maximum atomic E-state index is 12.2. The second kappa shape index (κ2) is 6.53. The van der Waals surface area contributed by atoms with E-state index >= 15 is 0 Å². The largest absolute Gasteiger partial charge is 0.469 e. The Morgan fingerprint density at radius 1 is 1.30 bits per heavy atom. The summed E-state index contributed by atoms with van der Waals surface area (Å²) in [5.74, 6) is 0.737. The van der Waals surface area contributed by atoms with E-state index in [1.807, 2.05) is 6.92 Å². The van der Waals surface area contributed by atoms with Gasteiger partial charge in [0.25, 0.3) is 10.0 Å². The Hall–Kier alpha value is -1.86. The molecule has 0 atom stereocenters. The van der Waals surface area contributed by atoms with Crippen LogP contribution in [-0.2, 0) is 16.4 Å². The average molecular weight is 295 g/mol. The van der Waals surface area contributed by atoms with Gasteiger partial charge in [-0.1, -0.05) is 0 Å². The van der Waals surface area contributed by atoms with Gasteiger partial charge in [0.2, 0.25) is 0 Å². The lowest BCUT2D eigenvalue weighted by Gasteiger charge is -2.10. The second-order valence-electron chi connectivity index (χ2n) is 4.11. The third kappa shape index (κ3) is 3.58. The molecule has 108 valence electrons. The van der Waals surface area contributed by atoms with E-state index in [1.54, 1.807) is 30.5 Å². The van der Waals surface area contributed by atoms with Gasteiger partial charge >= 0.3 is 0 Å². The van der Waals surface area contributed by atoms with Gasteiger partial charge in [-0.3, -0.25) is 0 Å². The number of furan rings is 1. The number of pyridine rings is 1. The quantitative estimate of drug-likeness (QED) is 0.811. The lowest BCUT2D eigenvalue weighted by molar-refractivity contribution is 0.505. The normalized spacial score (nSPS) is 11.4. The first-order valence-corrected chi connectivity index (χ1v) is 7.82. The number of rotatable bonds is 7. The molecular formula is C13H17N3O3S.